The minimum absolute atomic E-state index is 0.0797. The van der Waals surface area contributed by atoms with Crippen LogP contribution in [-0.4, -0.2) is 21.7 Å². The maximum atomic E-state index is 12.2. The Morgan fingerprint density at radius 1 is 1.41 bits per heavy atom. The molecule has 0 aromatic carbocycles. The highest BCUT2D eigenvalue weighted by atomic mass is 32.1. The van der Waals surface area contributed by atoms with Crippen LogP contribution in [0.5, 0.6) is 0 Å². The van der Waals surface area contributed by atoms with Crippen molar-refractivity contribution < 1.29 is 9.21 Å². The normalized spacial score (nSPS) is 17.9. The first kappa shape index (κ1) is 13.8. The molecule has 2 aliphatic rings. The SMILES string of the molecule is O=C(Cn1nc(-c2cccs2)oc1=O)NC(C1CC1)C1CC1. The molecule has 6 nitrogen and oxygen atoms in total. The summed E-state index contributed by atoms with van der Waals surface area (Å²) in [6.07, 6.45) is 4.81. The molecule has 2 heterocycles. The number of aromatic nitrogens is 2. The summed E-state index contributed by atoms with van der Waals surface area (Å²) in [4.78, 5) is 24.8. The maximum absolute atomic E-state index is 12.2. The van der Waals surface area contributed by atoms with Crippen LogP contribution in [0.25, 0.3) is 10.8 Å². The summed E-state index contributed by atoms with van der Waals surface area (Å²) in [7, 11) is 0. The summed E-state index contributed by atoms with van der Waals surface area (Å²) >= 11 is 1.44. The molecule has 1 amide bonds. The van der Waals surface area contributed by atoms with Crippen LogP contribution in [0.4, 0.5) is 0 Å². The molecule has 2 fully saturated rings. The van der Waals surface area contributed by atoms with Crippen molar-refractivity contribution >= 4 is 17.2 Å². The smallest absolute Gasteiger partial charge is 0.387 e. The van der Waals surface area contributed by atoms with Gasteiger partial charge in [-0.25, -0.2) is 4.79 Å². The highest BCUT2D eigenvalue weighted by molar-refractivity contribution is 7.13. The van der Waals surface area contributed by atoms with Gasteiger partial charge in [-0.3, -0.25) is 4.79 Å². The van der Waals surface area contributed by atoms with Crippen molar-refractivity contribution in [2.24, 2.45) is 11.8 Å². The number of nitrogens with zero attached hydrogens (tertiary/aromatic N) is 2. The molecule has 0 aliphatic heterocycles. The van der Waals surface area contributed by atoms with Crippen molar-refractivity contribution in [2.45, 2.75) is 38.3 Å². The first-order valence-corrected chi connectivity index (χ1v) is 8.50. The van der Waals surface area contributed by atoms with E-state index in [1.807, 2.05) is 17.5 Å². The Morgan fingerprint density at radius 3 is 2.73 bits per heavy atom. The Kier molecular flexibility index (Phi) is 3.37. The van der Waals surface area contributed by atoms with Crippen LogP contribution in [0, 0.1) is 11.8 Å². The second-order valence-corrected chi connectivity index (χ2v) is 7.02. The number of carbonyl (C=O) groups excluding carboxylic acids is 1. The van der Waals surface area contributed by atoms with Gasteiger partial charge in [0.25, 0.3) is 5.89 Å². The third-order valence-electron chi connectivity index (χ3n) is 4.22. The average Bonchev–Trinajstić information content (AvgIpc) is 3.41. The van der Waals surface area contributed by atoms with Crippen LogP contribution in [0.3, 0.4) is 0 Å². The fourth-order valence-electron chi connectivity index (χ4n) is 2.80. The average molecular weight is 319 g/mol. The summed E-state index contributed by atoms with van der Waals surface area (Å²) in [6.45, 7) is -0.0797. The highest BCUT2D eigenvalue weighted by Gasteiger charge is 2.42. The lowest BCUT2D eigenvalue weighted by atomic mass is 10.1. The second-order valence-electron chi connectivity index (χ2n) is 6.08. The molecule has 0 spiro atoms. The third-order valence-corrected chi connectivity index (χ3v) is 5.08. The number of hydrogen-bond acceptors (Lipinski definition) is 5. The summed E-state index contributed by atoms with van der Waals surface area (Å²) in [5.74, 6) is 0.790. The van der Waals surface area contributed by atoms with E-state index in [9.17, 15) is 9.59 Å². The molecule has 7 heteroatoms. The molecule has 116 valence electrons. The van der Waals surface area contributed by atoms with Crippen LogP contribution < -0.4 is 11.1 Å². The van der Waals surface area contributed by atoms with Gasteiger partial charge >= 0.3 is 5.76 Å². The maximum Gasteiger partial charge on any atom is 0.437 e. The van der Waals surface area contributed by atoms with Crippen LogP contribution >= 0.6 is 11.3 Å². The fraction of sp³-hybridized carbons (Fsp3) is 0.533. The first-order valence-electron chi connectivity index (χ1n) is 7.62. The number of carbonyl (C=O) groups is 1. The Labute approximate surface area is 131 Å². The van der Waals surface area contributed by atoms with Crippen LogP contribution in [0.15, 0.2) is 26.7 Å². The molecule has 22 heavy (non-hydrogen) atoms. The van der Waals surface area contributed by atoms with E-state index in [2.05, 4.69) is 10.4 Å². The van der Waals surface area contributed by atoms with Gasteiger partial charge in [-0.05, 0) is 49.0 Å². The van der Waals surface area contributed by atoms with E-state index in [4.69, 9.17) is 4.42 Å². The quantitative estimate of drug-likeness (QED) is 0.882. The zero-order chi connectivity index (χ0) is 15.1. The molecule has 2 aromatic heterocycles. The van der Waals surface area contributed by atoms with Crippen molar-refractivity contribution in [1.82, 2.24) is 15.1 Å². The zero-order valence-electron chi connectivity index (χ0n) is 12.0. The van der Waals surface area contributed by atoms with E-state index in [1.165, 1.54) is 37.0 Å². The van der Waals surface area contributed by atoms with Crippen molar-refractivity contribution in [3.8, 4) is 10.8 Å². The van der Waals surface area contributed by atoms with Gasteiger partial charge in [0.1, 0.15) is 6.54 Å². The van der Waals surface area contributed by atoms with Gasteiger partial charge in [-0.15, -0.1) is 16.4 Å². The van der Waals surface area contributed by atoms with E-state index < -0.39 is 5.76 Å². The van der Waals surface area contributed by atoms with Crippen LogP contribution in [0.2, 0.25) is 0 Å². The molecule has 0 unspecified atom stereocenters. The van der Waals surface area contributed by atoms with Gasteiger partial charge in [-0.2, -0.15) is 4.68 Å². The minimum Gasteiger partial charge on any atom is -0.387 e. The van der Waals surface area contributed by atoms with Gasteiger partial charge in [0.2, 0.25) is 5.91 Å². The Bertz CT molecular complexity index is 714. The molecule has 2 aromatic rings. The molecule has 4 rings (SSSR count). The molecule has 0 saturated heterocycles. The lowest BCUT2D eigenvalue weighted by Gasteiger charge is -2.17. The predicted octanol–water partition coefficient (Wildman–Crippen LogP) is 1.87. The van der Waals surface area contributed by atoms with Crippen molar-refractivity contribution in [2.75, 3.05) is 0 Å². The van der Waals surface area contributed by atoms with Gasteiger partial charge in [-0.1, -0.05) is 6.07 Å². The molecule has 0 bridgehead atoms. The monoisotopic (exact) mass is 319 g/mol. The van der Waals surface area contributed by atoms with Crippen LogP contribution in [-0.2, 0) is 11.3 Å². The second kappa shape index (κ2) is 5.39. The first-order chi connectivity index (χ1) is 10.7. The van der Waals surface area contributed by atoms with Crippen LogP contribution in [0.1, 0.15) is 25.7 Å². The topological polar surface area (TPSA) is 77.1 Å². The largest absolute Gasteiger partial charge is 0.437 e. The highest BCUT2D eigenvalue weighted by Crippen LogP contribution is 2.44. The van der Waals surface area contributed by atoms with Gasteiger partial charge in [0.15, 0.2) is 0 Å². The number of hydrogen-bond donors (Lipinski definition) is 1. The van der Waals surface area contributed by atoms with Gasteiger partial charge in [0.05, 0.1) is 4.88 Å². The fourth-order valence-corrected chi connectivity index (χ4v) is 3.45. The summed E-state index contributed by atoms with van der Waals surface area (Å²) in [5, 5.41) is 9.08. The third kappa shape index (κ3) is 2.85. The van der Waals surface area contributed by atoms with E-state index >= 15 is 0 Å². The number of nitrogens with one attached hydrogen (secondary N) is 1. The number of rotatable bonds is 6. The van der Waals surface area contributed by atoms with E-state index in [-0.39, 0.29) is 24.4 Å². The molecule has 2 aliphatic carbocycles. The van der Waals surface area contributed by atoms with E-state index in [0.29, 0.717) is 11.8 Å². The summed E-state index contributed by atoms with van der Waals surface area (Å²) in [6, 6.07) is 3.98. The van der Waals surface area contributed by atoms with E-state index in [1.54, 1.807) is 0 Å². The lowest BCUT2D eigenvalue weighted by molar-refractivity contribution is -0.123. The van der Waals surface area contributed by atoms with Gasteiger partial charge < -0.3 is 9.73 Å². The Hall–Kier alpha value is -1.89. The summed E-state index contributed by atoms with van der Waals surface area (Å²) in [5.41, 5.74) is 0. The Balaban J connectivity index is 1.44. The molecule has 0 atom stereocenters. The van der Waals surface area contributed by atoms with Crippen molar-refractivity contribution in [3.05, 3.63) is 28.1 Å². The number of thiophene rings is 1. The number of amides is 1. The molecular weight excluding hydrogens is 302 g/mol. The molecule has 1 N–H and O–H groups in total. The van der Waals surface area contributed by atoms with E-state index in [0.717, 1.165) is 9.56 Å². The Morgan fingerprint density at radius 2 is 2.14 bits per heavy atom. The molecule has 2 saturated carbocycles. The standard InChI is InChI=1S/C15H17N3O3S/c19-12(16-13(9-3-4-9)10-5-6-10)8-18-15(20)21-14(17-18)11-2-1-7-22-11/h1-2,7,9-10,13H,3-6,8H2,(H,16,19). The van der Waals surface area contributed by atoms with Gasteiger partial charge in [0, 0.05) is 6.04 Å². The summed E-state index contributed by atoms with van der Waals surface area (Å²) < 4.78 is 6.21. The molecular formula is C15H17N3O3S. The minimum atomic E-state index is -0.590. The zero-order valence-corrected chi connectivity index (χ0v) is 12.8. The van der Waals surface area contributed by atoms with Crippen molar-refractivity contribution in [3.63, 3.8) is 0 Å². The molecule has 0 radical (unpaired) electrons. The lowest BCUT2D eigenvalue weighted by Crippen LogP contribution is -2.41. The van der Waals surface area contributed by atoms with Crippen molar-refractivity contribution in [1.29, 1.82) is 0 Å². The predicted molar refractivity (Wildman–Crippen MR) is 81.5 cm³/mol.